The van der Waals surface area contributed by atoms with Crippen molar-refractivity contribution in [3.05, 3.63) is 35.4 Å². The molecule has 1 N–H and O–H groups in total. The van der Waals surface area contributed by atoms with Gasteiger partial charge in [-0.15, -0.1) is 0 Å². The third kappa shape index (κ3) is 1.52. The van der Waals surface area contributed by atoms with Crippen molar-refractivity contribution in [2.24, 2.45) is 0 Å². The van der Waals surface area contributed by atoms with Crippen LogP contribution in [0.3, 0.4) is 0 Å². The van der Waals surface area contributed by atoms with E-state index in [1.807, 2.05) is 24.3 Å². The molecule has 1 aromatic carbocycles. The van der Waals surface area contributed by atoms with Crippen molar-refractivity contribution in [3.63, 3.8) is 0 Å². The smallest absolute Gasteiger partial charge is 0.343 e. The highest BCUT2D eigenvalue weighted by Crippen LogP contribution is 2.26. The number of rotatable bonds is 1. The zero-order valence-electron chi connectivity index (χ0n) is 9.24. The summed E-state index contributed by atoms with van der Waals surface area (Å²) in [6.45, 7) is 2.23. The molecule has 0 unspecified atom stereocenters. The van der Waals surface area contributed by atoms with Crippen LogP contribution in [0.15, 0.2) is 24.3 Å². The van der Waals surface area contributed by atoms with Gasteiger partial charge in [-0.1, -0.05) is 12.1 Å². The van der Waals surface area contributed by atoms with E-state index in [9.17, 15) is 4.79 Å². The van der Waals surface area contributed by atoms with Gasteiger partial charge >= 0.3 is 5.97 Å². The number of hydrogen-bond donors (Lipinski definition) is 1. The molecular weight excluding hydrogens is 202 g/mol. The van der Waals surface area contributed by atoms with Crippen LogP contribution in [0.2, 0.25) is 0 Å². The van der Waals surface area contributed by atoms with Gasteiger partial charge in [-0.25, -0.2) is 4.79 Å². The van der Waals surface area contributed by atoms with E-state index in [1.54, 1.807) is 0 Å². The standard InChI is InChI=1S/C13H15NO2/c15-13-11-7-3-2-6-10(11)12(16-13)14-8-4-1-5-9-14/h2-3,6-7,12H,1,4-5,8-9H2/p+1/t12-/m1/s1. The molecule has 0 amide bonds. The molecule has 0 spiro atoms. The first-order valence-electron chi connectivity index (χ1n) is 6.01. The summed E-state index contributed by atoms with van der Waals surface area (Å²) >= 11 is 0. The second-order valence-corrected chi connectivity index (χ2v) is 4.59. The molecule has 0 aliphatic carbocycles. The van der Waals surface area contributed by atoms with Crippen LogP contribution in [0.5, 0.6) is 0 Å². The van der Waals surface area contributed by atoms with Crippen LogP contribution in [-0.4, -0.2) is 19.1 Å². The maximum Gasteiger partial charge on any atom is 0.343 e. The second-order valence-electron chi connectivity index (χ2n) is 4.59. The van der Waals surface area contributed by atoms with E-state index in [0.717, 1.165) is 24.2 Å². The van der Waals surface area contributed by atoms with E-state index in [-0.39, 0.29) is 12.2 Å². The zero-order valence-corrected chi connectivity index (χ0v) is 9.24. The molecule has 2 aliphatic rings. The van der Waals surface area contributed by atoms with Gasteiger partial charge in [-0.05, 0) is 31.4 Å². The Kier molecular flexibility index (Phi) is 2.40. The summed E-state index contributed by atoms with van der Waals surface area (Å²) in [5, 5.41) is 0. The summed E-state index contributed by atoms with van der Waals surface area (Å²) in [6, 6.07) is 7.76. The molecule has 0 saturated carbocycles. The summed E-state index contributed by atoms with van der Waals surface area (Å²) in [6.07, 6.45) is 3.74. The Bertz CT molecular complexity index is 410. The van der Waals surface area contributed by atoms with Gasteiger partial charge in [0.25, 0.3) is 6.23 Å². The molecule has 16 heavy (non-hydrogen) atoms. The summed E-state index contributed by atoms with van der Waals surface area (Å²) in [7, 11) is 0. The fourth-order valence-corrected chi connectivity index (χ4v) is 2.72. The maximum atomic E-state index is 11.7. The molecule has 1 saturated heterocycles. The number of carbonyl (C=O) groups is 1. The zero-order chi connectivity index (χ0) is 11.0. The fraction of sp³-hybridized carbons (Fsp3) is 0.462. The number of hydrogen-bond acceptors (Lipinski definition) is 2. The van der Waals surface area contributed by atoms with Gasteiger partial charge in [0.15, 0.2) is 0 Å². The van der Waals surface area contributed by atoms with Gasteiger partial charge in [0, 0.05) is 0 Å². The number of nitrogens with one attached hydrogen (secondary N) is 1. The number of piperidine rings is 1. The van der Waals surface area contributed by atoms with Crippen LogP contribution in [0, 0.1) is 0 Å². The number of carbonyl (C=O) groups excluding carboxylic acids is 1. The first-order valence-corrected chi connectivity index (χ1v) is 6.01. The highest BCUT2D eigenvalue weighted by atomic mass is 16.6. The van der Waals surface area contributed by atoms with Crippen molar-refractivity contribution < 1.29 is 14.4 Å². The van der Waals surface area contributed by atoms with Crippen molar-refractivity contribution in [1.29, 1.82) is 0 Å². The number of cyclic esters (lactones) is 1. The fourth-order valence-electron chi connectivity index (χ4n) is 2.72. The topological polar surface area (TPSA) is 30.7 Å². The average molecular weight is 218 g/mol. The van der Waals surface area contributed by atoms with Gasteiger partial charge < -0.3 is 4.74 Å². The lowest BCUT2D eigenvalue weighted by Gasteiger charge is -2.27. The van der Waals surface area contributed by atoms with Crippen LogP contribution in [-0.2, 0) is 4.74 Å². The Labute approximate surface area is 95.0 Å². The number of benzene rings is 1. The van der Waals surface area contributed by atoms with Crippen molar-refractivity contribution in [2.45, 2.75) is 25.5 Å². The number of ether oxygens (including phenoxy) is 1. The Balaban J connectivity index is 1.90. The van der Waals surface area contributed by atoms with Crippen LogP contribution >= 0.6 is 0 Å². The third-order valence-corrected chi connectivity index (χ3v) is 3.55. The minimum absolute atomic E-state index is 0.0519. The van der Waals surface area contributed by atoms with Gasteiger partial charge in [0.05, 0.1) is 24.2 Å². The molecule has 0 radical (unpaired) electrons. The quantitative estimate of drug-likeness (QED) is 0.711. The normalized spacial score (nSPS) is 25.2. The monoisotopic (exact) mass is 218 g/mol. The molecule has 1 aromatic rings. The maximum absolute atomic E-state index is 11.7. The number of esters is 1. The number of quaternary nitrogens is 1. The Morgan fingerprint density at radius 2 is 1.88 bits per heavy atom. The molecule has 2 heterocycles. The Morgan fingerprint density at radius 3 is 2.69 bits per heavy atom. The van der Waals surface area contributed by atoms with Crippen molar-refractivity contribution >= 4 is 5.97 Å². The van der Waals surface area contributed by atoms with Crippen LogP contribution in [0.4, 0.5) is 0 Å². The minimum atomic E-state index is -0.154. The van der Waals surface area contributed by atoms with Crippen molar-refractivity contribution in [3.8, 4) is 0 Å². The number of fused-ring (bicyclic) bond motifs is 1. The lowest BCUT2D eigenvalue weighted by molar-refractivity contribution is -0.956. The van der Waals surface area contributed by atoms with Gasteiger partial charge in [-0.3, -0.25) is 4.90 Å². The molecule has 3 rings (SSSR count). The first kappa shape index (κ1) is 9.85. The van der Waals surface area contributed by atoms with E-state index in [2.05, 4.69) is 0 Å². The van der Waals surface area contributed by atoms with Crippen molar-refractivity contribution in [1.82, 2.24) is 0 Å². The summed E-state index contributed by atoms with van der Waals surface area (Å²) < 4.78 is 5.50. The first-order chi connectivity index (χ1) is 7.86. The van der Waals surface area contributed by atoms with Gasteiger partial charge in [0.1, 0.15) is 0 Å². The predicted molar refractivity (Wildman–Crippen MR) is 59.1 cm³/mol. The molecule has 0 aromatic heterocycles. The largest absolute Gasteiger partial charge is 0.404 e. The van der Waals surface area contributed by atoms with Crippen molar-refractivity contribution in [2.75, 3.05) is 13.1 Å². The molecule has 3 nitrogen and oxygen atoms in total. The third-order valence-electron chi connectivity index (χ3n) is 3.55. The highest BCUT2D eigenvalue weighted by molar-refractivity contribution is 5.93. The van der Waals surface area contributed by atoms with E-state index in [0.29, 0.717) is 0 Å². The summed E-state index contributed by atoms with van der Waals surface area (Å²) in [5.74, 6) is -0.154. The SMILES string of the molecule is O=C1O[C@@H]([NH+]2CCCCC2)c2ccccc21. The summed E-state index contributed by atoms with van der Waals surface area (Å²) in [4.78, 5) is 13.1. The highest BCUT2D eigenvalue weighted by Gasteiger charge is 2.38. The summed E-state index contributed by atoms with van der Waals surface area (Å²) in [5.41, 5.74) is 1.83. The van der Waals surface area contributed by atoms with E-state index >= 15 is 0 Å². The van der Waals surface area contributed by atoms with Crippen LogP contribution < -0.4 is 4.90 Å². The lowest BCUT2D eigenvalue weighted by atomic mass is 10.1. The molecule has 2 aliphatic heterocycles. The molecule has 84 valence electrons. The molecule has 1 fully saturated rings. The van der Waals surface area contributed by atoms with Crippen LogP contribution in [0.1, 0.15) is 41.4 Å². The van der Waals surface area contributed by atoms with E-state index in [4.69, 9.17) is 4.74 Å². The molecule has 1 atom stereocenters. The molecule has 3 heteroatoms. The second kappa shape index (κ2) is 3.91. The Hall–Kier alpha value is -1.35. The molecule has 0 bridgehead atoms. The van der Waals surface area contributed by atoms with Crippen LogP contribution in [0.25, 0.3) is 0 Å². The average Bonchev–Trinajstić information content (AvgIpc) is 2.69. The minimum Gasteiger partial charge on any atom is -0.404 e. The van der Waals surface area contributed by atoms with Gasteiger partial charge in [-0.2, -0.15) is 0 Å². The number of likely N-dealkylation sites (tertiary alicyclic amines) is 1. The lowest BCUT2D eigenvalue weighted by Crippen LogP contribution is -3.13. The Morgan fingerprint density at radius 1 is 1.12 bits per heavy atom. The van der Waals surface area contributed by atoms with Gasteiger partial charge in [0.2, 0.25) is 0 Å². The predicted octanol–water partition coefficient (Wildman–Crippen LogP) is 0.924. The van der Waals surface area contributed by atoms with E-state index < -0.39 is 0 Å². The molecular formula is C13H16NO2+. The van der Waals surface area contributed by atoms with E-state index in [1.165, 1.54) is 24.2 Å².